The molecule has 0 amide bonds. The fourth-order valence-corrected chi connectivity index (χ4v) is 2.13. The topological polar surface area (TPSA) is 40.5 Å². The summed E-state index contributed by atoms with van der Waals surface area (Å²) in [6.45, 7) is 4.51. The largest absolute Gasteiger partial charge is 0.481 e. The molecule has 16 heavy (non-hydrogen) atoms. The minimum absolute atomic E-state index is 0.176. The summed E-state index contributed by atoms with van der Waals surface area (Å²) in [5.74, 6) is -0.836. The van der Waals surface area contributed by atoms with Crippen LogP contribution in [0.4, 0.5) is 0 Å². The fraction of sp³-hybridized carbons (Fsp3) is 0.462. The van der Waals surface area contributed by atoms with E-state index < -0.39 is 5.97 Å². The summed E-state index contributed by atoms with van der Waals surface area (Å²) in [5.41, 5.74) is 2.52. The van der Waals surface area contributed by atoms with E-state index in [9.17, 15) is 4.79 Å². The molecule has 1 aliphatic rings. The van der Waals surface area contributed by atoms with Crippen molar-refractivity contribution in [3.63, 3.8) is 0 Å². The van der Waals surface area contributed by atoms with Gasteiger partial charge in [-0.3, -0.25) is 9.69 Å². The van der Waals surface area contributed by atoms with Crippen molar-refractivity contribution in [2.45, 2.75) is 19.9 Å². The summed E-state index contributed by atoms with van der Waals surface area (Å²) in [7, 11) is 0. The first-order valence-corrected chi connectivity index (χ1v) is 5.66. The molecule has 0 saturated carbocycles. The quantitative estimate of drug-likeness (QED) is 0.844. The molecule has 3 nitrogen and oxygen atoms in total. The Labute approximate surface area is 95.7 Å². The number of aliphatic carboxylic acids is 1. The average Bonchev–Trinajstić information content (AvgIpc) is 2.70. The highest BCUT2D eigenvalue weighted by Gasteiger charge is 2.27. The maximum atomic E-state index is 10.8. The normalized spacial score (nSPS) is 21.2. The van der Waals surface area contributed by atoms with E-state index in [-0.39, 0.29) is 5.92 Å². The zero-order valence-corrected chi connectivity index (χ0v) is 9.52. The highest BCUT2D eigenvalue weighted by Crippen LogP contribution is 2.18. The highest BCUT2D eigenvalue weighted by atomic mass is 16.4. The molecule has 1 atom stereocenters. The number of nitrogens with zero attached hydrogens (tertiary/aromatic N) is 1. The predicted octanol–water partition coefficient (Wildman–Crippen LogP) is 1.90. The standard InChI is InChI=1S/C13H17NO2/c1-10-2-4-11(5-3-10)8-14-7-6-12(9-14)13(15)16/h2-5,12H,6-9H2,1H3,(H,15,16)/t12-/m1/s1. The van der Waals surface area contributed by atoms with Crippen molar-refractivity contribution in [1.29, 1.82) is 0 Å². The van der Waals surface area contributed by atoms with Crippen LogP contribution < -0.4 is 0 Å². The van der Waals surface area contributed by atoms with Crippen LogP contribution in [-0.2, 0) is 11.3 Å². The van der Waals surface area contributed by atoms with E-state index in [0.29, 0.717) is 6.54 Å². The number of hydrogen-bond acceptors (Lipinski definition) is 2. The molecule has 0 unspecified atom stereocenters. The molecule has 0 aromatic heterocycles. The SMILES string of the molecule is Cc1ccc(CN2CC[C@@H](C(=O)O)C2)cc1. The van der Waals surface area contributed by atoms with Crippen LogP contribution in [0.1, 0.15) is 17.5 Å². The predicted molar refractivity (Wildman–Crippen MR) is 62.2 cm³/mol. The molecule has 1 aliphatic heterocycles. The number of carbonyl (C=O) groups is 1. The van der Waals surface area contributed by atoms with Gasteiger partial charge in [-0.05, 0) is 25.5 Å². The van der Waals surface area contributed by atoms with Crippen molar-refractivity contribution in [2.75, 3.05) is 13.1 Å². The monoisotopic (exact) mass is 219 g/mol. The Hall–Kier alpha value is -1.35. The van der Waals surface area contributed by atoms with Gasteiger partial charge in [0.15, 0.2) is 0 Å². The Bertz CT molecular complexity index is 372. The van der Waals surface area contributed by atoms with Gasteiger partial charge in [0.25, 0.3) is 0 Å². The van der Waals surface area contributed by atoms with Gasteiger partial charge in [0.05, 0.1) is 5.92 Å². The second-order valence-corrected chi connectivity index (χ2v) is 4.54. The van der Waals surface area contributed by atoms with Gasteiger partial charge in [0.1, 0.15) is 0 Å². The van der Waals surface area contributed by atoms with Crippen LogP contribution in [0.2, 0.25) is 0 Å². The molecular formula is C13H17NO2. The summed E-state index contributed by atoms with van der Waals surface area (Å²) >= 11 is 0. The minimum atomic E-state index is -0.661. The Kier molecular flexibility index (Phi) is 3.25. The first kappa shape index (κ1) is 11.1. The van der Waals surface area contributed by atoms with E-state index in [1.54, 1.807) is 0 Å². The number of rotatable bonds is 3. The van der Waals surface area contributed by atoms with Gasteiger partial charge in [-0.1, -0.05) is 29.8 Å². The van der Waals surface area contributed by atoms with Crippen LogP contribution in [-0.4, -0.2) is 29.1 Å². The van der Waals surface area contributed by atoms with Crippen molar-refractivity contribution in [1.82, 2.24) is 4.90 Å². The van der Waals surface area contributed by atoms with E-state index in [1.165, 1.54) is 11.1 Å². The summed E-state index contributed by atoms with van der Waals surface area (Å²) in [4.78, 5) is 13.0. The number of carboxylic acid groups (broad SMARTS) is 1. The second kappa shape index (κ2) is 4.66. The van der Waals surface area contributed by atoms with Gasteiger partial charge in [0.2, 0.25) is 0 Å². The number of benzene rings is 1. The van der Waals surface area contributed by atoms with Gasteiger partial charge < -0.3 is 5.11 Å². The molecule has 1 aromatic rings. The molecule has 1 saturated heterocycles. The number of carboxylic acids is 1. The molecule has 0 spiro atoms. The number of aryl methyl sites for hydroxylation is 1. The van der Waals surface area contributed by atoms with E-state index in [1.807, 2.05) is 0 Å². The van der Waals surface area contributed by atoms with Gasteiger partial charge in [-0.2, -0.15) is 0 Å². The van der Waals surface area contributed by atoms with Crippen LogP contribution in [0.5, 0.6) is 0 Å². The highest BCUT2D eigenvalue weighted by molar-refractivity contribution is 5.70. The van der Waals surface area contributed by atoms with Crippen LogP contribution in [0.3, 0.4) is 0 Å². The minimum Gasteiger partial charge on any atom is -0.481 e. The summed E-state index contributed by atoms with van der Waals surface area (Å²) in [6.07, 6.45) is 0.779. The van der Waals surface area contributed by atoms with E-state index in [0.717, 1.165) is 19.5 Å². The van der Waals surface area contributed by atoms with Crippen molar-refractivity contribution in [3.05, 3.63) is 35.4 Å². The lowest BCUT2D eigenvalue weighted by Crippen LogP contribution is -2.22. The number of hydrogen-bond donors (Lipinski definition) is 1. The molecule has 3 heteroatoms. The Balaban J connectivity index is 1.92. The second-order valence-electron chi connectivity index (χ2n) is 4.54. The summed E-state index contributed by atoms with van der Waals surface area (Å²) < 4.78 is 0. The van der Waals surface area contributed by atoms with Crippen LogP contribution >= 0.6 is 0 Å². The Morgan fingerprint density at radius 3 is 2.69 bits per heavy atom. The van der Waals surface area contributed by atoms with E-state index in [4.69, 9.17) is 5.11 Å². The molecule has 1 heterocycles. The lowest BCUT2D eigenvalue weighted by Gasteiger charge is -2.15. The van der Waals surface area contributed by atoms with Gasteiger partial charge in [-0.15, -0.1) is 0 Å². The molecule has 1 aromatic carbocycles. The summed E-state index contributed by atoms with van der Waals surface area (Å²) in [5, 5.41) is 8.91. The first-order valence-electron chi connectivity index (χ1n) is 5.66. The van der Waals surface area contributed by atoms with Gasteiger partial charge >= 0.3 is 5.97 Å². The zero-order valence-electron chi connectivity index (χ0n) is 9.52. The number of likely N-dealkylation sites (tertiary alicyclic amines) is 1. The van der Waals surface area contributed by atoms with Crippen LogP contribution in [0.25, 0.3) is 0 Å². The van der Waals surface area contributed by atoms with Crippen molar-refractivity contribution in [3.8, 4) is 0 Å². The summed E-state index contributed by atoms with van der Waals surface area (Å²) in [6, 6.07) is 8.42. The molecule has 1 N–H and O–H groups in total. The zero-order chi connectivity index (χ0) is 11.5. The maximum Gasteiger partial charge on any atom is 0.307 e. The molecule has 86 valence electrons. The van der Waals surface area contributed by atoms with E-state index >= 15 is 0 Å². The van der Waals surface area contributed by atoms with Crippen LogP contribution in [0.15, 0.2) is 24.3 Å². The lowest BCUT2D eigenvalue weighted by atomic mass is 10.1. The molecule has 0 radical (unpaired) electrons. The molecule has 0 bridgehead atoms. The average molecular weight is 219 g/mol. The fourth-order valence-electron chi connectivity index (χ4n) is 2.13. The third-order valence-electron chi connectivity index (χ3n) is 3.15. The van der Waals surface area contributed by atoms with Crippen molar-refractivity contribution >= 4 is 5.97 Å². The first-order chi connectivity index (χ1) is 7.65. The van der Waals surface area contributed by atoms with Gasteiger partial charge in [0, 0.05) is 13.1 Å². The van der Waals surface area contributed by atoms with Crippen molar-refractivity contribution < 1.29 is 9.90 Å². The third kappa shape index (κ3) is 2.61. The molecule has 2 rings (SSSR count). The Morgan fingerprint density at radius 1 is 1.44 bits per heavy atom. The molecule has 0 aliphatic carbocycles. The third-order valence-corrected chi connectivity index (χ3v) is 3.15. The molecular weight excluding hydrogens is 202 g/mol. The van der Waals surface area contributed by atoms with Crippen LogP contribution in [0, 0.1) is 12.8 Å². The maximum absolute atomic E-state index is 10.8. The van der Waals surface area contributed by atoms with Gasteiger partial charge in [-0.25, -0.2) is 0 Å². The molecule has 1 fully saturated rings. The Morgan fingerprint density at radius 2 is 2.12 bits per heavy atom. The van der Waals surface area contributed by atoms with E-state index in [2.05, 4.69) is 36.1 Å². The smallest absolute Gasteiger partial charge is 0.307 e. The van der Waals surface area contributed by atoms with Crippen molar-refractivity contribution in [2.24, 2.45) is 5.92 Å². The lowest BCUT2D eigenvalue weighted by molar-refractivity contribution is -0.141.